The van der Waals surface area contributed by atoms with E-state index < -0.39 is 0 Å². The highest BCUT2D eigenvalue weighted by molar-refractivity contribution is 5.82. The Kier molecular flexibility index (Phi) is 5.36. The Morgan fingerprint density at radius 3 is 2.73 bits per heavy atom. The smallest absolute Gasteiger partial charge is 0.330 e. The lowest BCUT2D eigenvalue weighted by Crippen LogP contribution is -2.24. The second-order valence-corrected chi connectivity index (χ2v) is 3.58. The zero-order valence-corrected chi connectivity index (χ0v) is 9.32. The number of hydrogen-bond acceptors (Lipinski definition) is 4. The predicted octanol–water partition coefficient (Wildman–Crippen LogP) is 1.65. The number of ether oxygens (including phenoxy) is 3. The van der Waals surface area contributed by atoms with E-state index in [0.29, 0.717) is 0 Å². The van der Waals surface area contributed by atoms with Gasteiger partial charge in [-0.2, -0.15) is 0 Å². The Balaban J connectivity index is 2.23. The van der Waals surface area contributed by atoms with Crippen molar-refractivity contribution in [1.82, 2.24) is 0 Å². The Morgan fingerprint density at radius 2 is 2.13 bits per heavy atom. The molecule has 86 valence electrons. The highest BCUT2D eigenvalue weighted by atomic mass is 16.7. The minimum absolute atomic E-state index is 0.111. The molecule has 0 aliphatic carbocycles. The highest BCUT2D eigenvalue weighted by Gasteiger charge is 2.13. The van der Waals surface area contributed by atoms with E-state index in [0.717, 1.165) is 38.0 Å². The summed E-state index contributed by atoms with van der Waals surface area (Å²) in [5, 5.41) is 0. The van der Waals surface area contributed by atoms with Crippen molar-refractivity contribution < 1.29 is 19.0 Å². The Morgan fingerprint density at radius 1 is 1.47 bits per heavy atom. The van der Waals surface area contributed by atoms with Gasteiger partial charge < -0.3 is 14.2 Å². The molecular weight excluding hydrogens is 196 g/mol. The van der Waals surface area contributed by atoms with Crippen molar-refractivity contribution in [2.24, 2.45) is 0 Å². The summed E-state index contributed by atoms with van der Waals surface area (Å²) < 4.78 is 15.3. The summed E-state index contributed by atoms with van der Waals surface area (Å²) in [7, 11) is 1.37. The van der Waals surface area contributed by atoms with Gasteiger partial charge in [0.1, 0.15) is 0 Å². The van der Waals surface area contributed by atoms with Crippen LogP contribution in [0.25, 0.3) is 0 Å². The van der Waals surface area contributed by atoms with Gasteiger partial charge in [-0.1, -0.05) is 5.57 Å². The number of carbonyl (C=O) groups is 1. The molecule has 1 rings (SSSR count). The molecule has 4 heteroatoms. The van der Waals surface area contributed by atoms with Crippen molar-refractivity contribution in [2.45, 2.75) is 32.5 Å². The van der Waals surface area contributed by atoms with Crippen LogP contribution in [0, 0.1) is 0 Å². The number of hydrogen-bond donors (Lipinski definition) is 0. The molecule has 4 nitrogen and oxygen atoms in total. The number of methoxy groups -OCH3 is 1. The van der Waals surface area contributed by atoms with Crippen LogP contribution in [0.3, 0.4) is 0 Å². The van der Waals surface area contributed by atoms with Crippen LogP contribution in [-0.2, 0) is 19.0 Å². The van der Waals surface area contributed by atoms with Crippen molar-refractivity contribution in [3.05, 3.63) is 11.6 Å². The van der Waals surface area contributed by atoms with Crippen LogP contribution in [0.15, 0.2) is 11.6 Å². The van der Waals surface area contributed by atoms with Crippen molar-refractivity contribution in [3.8, 4) is 0 Å². The SMILES string of the molecule is COC(=O)/C=C(/C)CCC1OCCCO1. The third-order valence-electron chi connectivity index (χ3n) is 2.24. The number of esters is 1. The second-order valence-electron chi connectivity index (χ2n) is 3.58. The summed E-state index contributed by atoms with van der Waals surface area (Å²) in [6.07, 6.45) is 3.94. The topological polar surface area (TPSA) is 44.8 Å². The third-order valence-corrected chi connectivity index (χ3v) is 2.24. The van der Waals surface area contributed by atoms with E-state index in [1.807, 2.05) is 6.92 Å². The first-order valence-electron chi connectivity index (χ1n) is 5.20. The highest BCUT2D eigenvalue weighted by Crippen LogP contribution is 2.14. The molecule has 0 radical (unpaired) electrons. The van der Waals surface area contributed by atoms with E-state index in [1.165, 1.54) is 13.2 Å². The van der Waals surface area contributed by atoms with E-state index in [4.69, 9.17) is 9.47 Å². The van der Waals surface area contributed by atoms with Gasteiger partial charge in [0.15, 0.2) is 6.29 Å². The molecule has 0 saturated carbocycles. The standard InChI is InChI=1S/C11H18O4/c1-9(8-10(12)13-2)4-5-11-14-6-3-7-15-11/h8,11H,3-7H2,1-2H3/b9-8-. The first-order chi connectivity index (χ1) is 7.22. The van der Waals surface area contributed by atoms with Gasteiger partial charge in [-0.3, -0.25) is 0 Å². The molecule has 0 aromatic heterocycles. The first kappa shape index (κ1) is 12.2. The van der Waals surface area contributed by atoms with Crippen LogP contribution in [0.1, 0.15) is 26.2 Å². The van der Waals surface area contributed by atoms with Crippen molar-refractivity contribution in [3.63, 3.8) is 0 Å². The molecule has 0 aromatic rings. The van der Waals surface area contributed by atoms with Crippen LogP contribution in [0.2, 0.25) is 0 Å². The number of rotatable bonds is 4. The normalized spacial score (nSPS) is 18.9. The van der Waals surface area contributed by atoms with Crippen LogP contribution < -0.4 is 0 Å². The molecule has 0 N–H and O–H groups in total. The van der Waals surface area contributed by atoms with E-state index in [-0.39, 0.29) is 12.3 Å². The van der Waals surface area contributed by atoms with Gasteiger partial charge in [0.25, 0.3) is 0 Å². The largest absolute Gasteiger partial charge is 0.466 e. The molecular formula is C11H18O4. The molecule has 1 saturated heterocycles. The van der Waals surface area contributed by atoms with E-state index >= 15 is 0 Å². The maximum atomic E-state index is 10.9. The fourth-order valence-corrected chi connectivity index (χ4v) is 1.38. The third kappa shape index (κ3) is 4.95. The van der Waals surface area contributed by atoms with Gasteiger partial charge in [-0.25, -0.2) is 4.79 Å². The minimum atomic E-state index is -0.307. The van der Waals surface area contributed by atoms with Gasteiger partial charge in [0, 0.05) is 12.5 Å². The zero-order valence-electron chi connectivity index (χ0n) is 9.32. The van der Waals surface area contributed by atoms with Crippen LogP contribution in [0.5, 0.6) is 0 Å². The van der Waals surface area contributed by atoms with Gasteiger partial charge in [-0.05, 0) is 19.8 Å². The molecule has 1 aliphatic heterocycles. The van der Waals surface area contributed by atoms with Gasteiger partial charge in [0.05, 0.1) is 20.3 Å². The molecule has 1 heterocycles. The van der Waals surface area contributed by atoms with Gasteiger partial charge in [-0.15, -0.1) is 0 Å². The van der Waals surface area contributed by atoms with Gasteiger partial charge in [0.2, 0.25) is 0 Å². The van der Waals surface area contributed by atoms with Crippen LogP contribution >= 0.6 is 0 Å². The molecule has 0 bridgehead atoms. The molecule has 0 aromatic carbocycles. The summed E-state index contributed by atoms with van der Waals surface area (Å²) in [6, 6.07) is 0. The summed E-state index contributed by atoms with van der Waals surface area (Å²) in [4.78, 5) is 10.9. The summed E-state index contributed by atoms with van der Waals surface area (Å²) in [6.45, 7) is 3.44. The van der Waals surface area contributed by atoms with Crippen molar-refractivity contribution >= 4 is 5.97 Å². The maximum absolute atomic E-state index is 10.9. The quantitative estimate of drug-likeness (QED) is 0.527. The molecule has 1 fully saturated rings. The fourth-order valence-electron chi connectivity index (χ4n) is 1.38. The van der Waals surface area contributed by atoms with E-state index in [9.17, 15) is 4.79 Å². The maximum Gasteiger partial charge on any atom is 0.330 e. The lowest BCUT2D eigenvalue weighted by molar-refractivity contribution is -0.180. The molecule has 1 aliphatic rings. The van der Waals surface area contributed by atoms with Gasteiger partial charge >= 0.3 is 5.97 Å². The molecule has 0 amide bonds. The Bertz CT molecular complexity index is 229. The lowest BCUT2D eigenvalue weighted by Gasteiger charge is -2.23. The average Bonchev–Trinajstić information content (AvgIpc) is 2.27. The average molecular weight is 214 g/mol. The predicted molar refractivity (Wildman–Crippen MR) is 55.3 cm³/mol. The molecule has 0 spiro atoms. The van der Waals surface area contributed by atoms with E-state index in [2.05, 4.69) is 4.74 Å². The number of carbonyl (C=O) groups excluding carboxylic acids is 1. The Hall–Kier alpha value is -0.870. The summed E-state index contributed by atoms with van der Waals surface area (Å²) in [5.41, 5.74) is 0.986. The van der Waals surface area contributed by atoms with Crippen LogP contribution in [-0.4, -0.2) is 32.6 Å². The zero-order chi connectivity index (χ0) is 11.1. The molecule has 0 atom stereocenters. The lowest BCUT2D eigenvalue weighted by atomic mass is 10.1. The van der Waals surface area contributed by atoms with Crippen molar-refractivity contribution in [1.29, 1.82) is 0 Å². The second kappa shape index (κ2) is 6.58. The minimum Gasteiger partial charge on any atom is -0.466 e. The molecule has 15 heavy (non-hydrogen) atoms. The first-order valence-corrected chi connectivity index (χ1v) is 5.20. The summed E-state index contributed by atoms with van der Waals surface area (Å²) >= 11 is 0. The monoisotopic (exact) mass is 214 g/mol. The summed E-state index contributed by atoms with van der Waals surface area (Å²) in [5.74, 6) is -0.307. The fraction of sp³-hybridized carbons (Fsp3) is 0.727. The van der Waals surface area contributed by atoms with E-state index in [1.54, 1.807) is 0 Å². The Labute approximate surface area is 90.2 Å². The van der Waals surface area contributed by atoms with Crippen LogP contribution in [0.4, 0.5) is 0 Å². The molecule has 0 unspecified atom stereocenters. The van der Waals surface area contributed by atoms with Crippen molar-refractivity contribution in [2.75, 3.05) is 20.3 Å². The number of allylic oxidation sites excluding steroid dienone is 1.